The van der Waals surface area contributed by atoms with E-state index in [1.54, 1.807) is 7.11 Å². The standard InChI is InChI=1S/C19H26N2O3/c1-18(2)12-21(9-8-19(18,3)23)17(22)16-11-13-10-14(24-5)6-7-15(13)20(16)4/h6-7,10-11,23H,8-9,12H2,1-5H3/t19-/m1/s1. The number of amides is 1. The second kappa shape index (κ2) is 5.52. The lowest BCUT2D eigenvalue weighted by Crippen LogP contribution is -2.57. The van der Waals surface area contributed by atoms with Gasteiger partial charge in [-0.15, -0.1) is 0 Å². The number of fused-ring (bicyclic) bond motifs is 1. The number of nitrogens with zero attached hydrogens (tertiary/aromatic N) is 2. The molecule has 5 heteroatoms. The largest absolute Gasteiger partial charge is 0.497 e. The number of piperidine rings is 1. The maximum Gasteiger partial charge on any atom is 0.270 e. The van der Waals surface area contributed by atoms with Gasteiger partial charge in [0.05, 0.1) is 12.7 Å². The molecule has 1 amide bonds. The zero-order chi connectivity index (χ0) is 17.7. The van der Waals surface area contributed by atoms with Crippen LogP contribution in [0.25, 0.3) is 10.9 Å². The van der Waals surface area contributed by atoms with Crippen LogP contribution in [0.4, 0.5) is 0 Å². The van der Waals surface area contributed by atoms with E-state index < -0.39 is 5.60 Å². The van der Waals surface area contributed by atoms with Crippen molar-refractivity contribution in [1.82, 2.24) is 9.47 Å². The normalized spacial score (nSPS) is 23.5. The lowest BCUT2D eigenvalue weighted by molar-refractivity contribution is -0.0972. The highest BCUT2D eigenvalue weighted by molar-refractivity contribution is 5.99. The summed E-state index contributed by atoms with van der Waals surface area (Å²) in [5.41, 5.74) is 0.572. The second-order valence-corrected chi connectivity index (χ2v) is 7.65. The van der Waals surface area contributed by atoms with E-state index in [9.17, 15) is 9.90 Å². The number of hydrogen-bond donors (Lipinski definition) is 1. The Kier molecular flexibility index (Phi) is 3.87. The van der Waals surface area contributed by atoms with Crippen molar-refractivity contribution in [3.63, 3.8) is 0 Å². The van der Waals surface area contributed by atoms with Gasteiger partial charge in [-0.25, -0.2) is 0 Å². The highest BCUT2D eigenvalue weighted by Gasteiger charge is 2.45. The van der Waals surface area contributed by atoms with Crippen LogP contribution in [0.2, 0.25) is 0 Å². The van der Waals surface area contributed by atoms with Crippen molar-refractivity contribution in [2.45, 2.75) is 32.8 Å². The van der Waals surface area contributed by atoms with Crippen molar-refractivity contribution in [3.05, 3.63) is 30.0 Å². The highest BCUT2D eigenvalue weighted by Crippen LogP contribution is 2.38. The molecule has 5 nitrogen and oxygen atoms in total. The number of aliphatic hydroxyl groups is 1. The van der Waals surface area contributed by atoms with E-state index >= 15 is 0 Å². The second-order valence-electron chi connectivity index (χ2n) is 7.65. The molecule has 1 atom stereocenters. The van der Waals surface area contributed by atoms with Crippen molar-refractivity contribution < 1.29 is 14.6 Å². The maximum absolute atomic E-state index is 13.0. The van der Waals surface area contributed by atoms with Crippen LogP contribution in [0.3, 0.4) is 0 Å². The lowest BCUT2D eigenvalue weighted by atomic mass is 9.71. The summed E-state index contributed by atoms with van der Waals surface area (Å²) < 4.78 is 7.19. The molecule has 1 aliphatic rings. The molecular formula is C19H26N2O3. The number of ether oxygens (including phenoxy) is 1. The van der Waals surface area contributed by atoms with Crippen LogP contribution in [-0.4, -0.2) is 46.3 Å². The minimum atomic E-state index is -0.754. The minimum Gasteiger partial charge on any atom is -0.497 e. The molecule has 0 spiro atoms. The molecule has 24 heavy (non-hydrogen) atoms. The molecule has 1 saturated heterocycles. The molecule has 1 N–H and O–H groups in total. The highest BCUT2D eigenvalue weighted by atomic mass is 16.5. The van der Waals surface area contributed by atoms with Crippen LogP contribution >= 0.6 is 0 Å². The van der Waals surface area contributed by atoms with E-state index in [1.807, 2.05) is 61.6 Å². The third kappa shape index (κ3) is 2.57. The Morgan fingerprint density at radius 3 is 2.58 bits per heavy atom. The first-order valence-electron chi connectivity index (χ1n) is 8.31. The van der Waals surface area contributed by atoms with Gasteiger partial charge in [0.1, 0.15) is 11.4 Å². The van der Waals surface area contributed by atoms with Crippen molar-refractivity contribution >= 4 is 16.8 Å². The van der Waals surface area contributed by atoms with E-state index in [4.69, 9.17) is 4.74 Å². The number of carbonyl (C=O) groups is 1. The predicted molar refractivity (Wildman–Crippen MR) is 94.4 cm³/mol. The number of benzene rings is 1. The van der Waals surface area contributed by atoms with Gasteiger partial charge in [-0.1, -0.05) is 13.8 Å². The SMILES string of the molecule is COc1ccc2c(c1)cc(C(=O)N1CC[C@@](C)(O)C(C)(C)C1)n2C. The van der Waals surface area contributed by atoms with Crippen LogP contribution < -0.4 is 4.74 Å². The van der Waals surface area contributed by atoms with Crippen LogP contribution in [0.5, 0.6) is 5.75 Å². The number of methoxy groups -OCH3 is 1. The molecule has 0 saturated carbocycles. The summed E-state index contributed by atoms with van der Waals surface area (Å²) in [6, 6.07) is 7.73. The third-order valence-corrected chi connectivity index (χ3v) is 5.67. The summed E-state index contributed by atoms with van der Waals surface area (Å²) in [4.78, 5) is 14.9. The van der Waals surface area contributed by atoms with E-state index in [0.29, 0.717) is 25.2 Å². The Hall–Kier alpha value is -2.01. The van der Waals surface area contributed by atoms with Gasteiger partial charge < -0.3 is 19.3 Å². The molecule has 130 valence electrons. The van der Waals surface area contributed by atoms with Crippen molar-refractivity contribution in [2.75, 3.05) is 20.2 Å². The average Bonchev–Trinajstić information content (AvgIpc) is 2.85. The van der Waals surface area contributed by atoms with Gasteiger partial charge in [-0.2, -0.15) is 0 Å². The average molecular weight is 330 g/mol. The topological polar surface area (TPSA) is 54.7 Å². The van der Waals surface area contributed by atoms with Crippen LogP contribution in [0.15, 0.2) is 24.3 Å². The Balaban J connectivity index is 1.93. The fourth-order valence-corrected chi connectivity index (χ4v) is 3.41. The first kappa shape index (κ1) is 16.8. The number of aryl methyl sites for hydroxylation is 1. The van der Waals surface area contributed by atoms with Crippen molar-refractivity contribution in [2.24, 2.45) is 12.5 Å². The van der Waals surface area contributed by atoms with Gasteiger partial charge in [0.2, 0.25) is 0 Å². The number of aromatic nitrogens is 1. The fourth-order valence-electron chi connectivity index (χ4n) is 3.41. The summed E-state index contributed by atoms with van der Waals surface area (Å²) in [5.74, 6) is 0.790. The first-order valence-corrected chi connectivity index (χ1v) is 8.31. The number of carbonyl (C=O) groups excluding carboxylic acids is 1. The fraction of sp³-hybridized carbons (Fsp3) is 0.526. The smallest absolute Gasteiger partial charge is 0.270 e. The molecule has 1 aromatic carbocycles. The first-order chi connectivity index (χ1) is 11.2. The molecule has 2 aromatic rings. The Labute approximate surface area is 142 Å². The van der Waals surface area contributed by atoms with Gasteiger partial charge in [0.15, 0.2) is 0 Å². The molecule has 0 bridgehead atoms. The predicted octanol–water partition coefficient (Wildman–Crippen LogP) is 2.81. The van der Waals surface area contributed by atoms with Crippen LogP contribution in [0.1, 0.15) is 37.7 Å². The van der Waals surface area contributed by atoms with Gasteiger partial charge in [0, 0.05) is 36.5 Å². The summed E-state index contributed by atoms with van der Waals surface area (Å²) >= 11 is 0. The number of hydrogen-bond acceptors (Lipinski definition) is 3. The van der Waals surface area contributed by atoms with E-state index in [2.05, 4.69) is 0 Å². The molecule has 0 unspecified atom stereocenters. The van der Waals surface area contributed by atoms with E-state index in [-0.39, 0.29) is 11.3 Å². The minimum absolute atomic E-state index is 0.0104. The lowest BCUT2D eigenvalue weighted by Gasteiger charge is -2.48. The number of likely N-dealkylation sites (tertiary alicyclic amines) is 1. The molecule has 1 aromatic heterocycles. The number of rotatable bonds is 2. The van der Waals surface area contributed by atoms with Gasteiger partial charge in [0.25, 0.3) is 5.91 Å². The van der Waals surface area contributed by atoms with Crippen molar-refractivity contribution in [3.8, 4) is 5.75 Å². The third-order valence-electron chi connectivity index (χ3n) is 5.67. The Morgan fingerprint density at radius 1 is 1.25 bits per heavy atom. The summed E-state index contributed by atoms with van der Waals surface area (Å²) in [7, 11) is 3.55. The monoisotopic (exact) mass is 330 g/mol. The zero-order valence-corrected chi connectivity index (χ0v) is 15.1. The van der Waals surface area contributed by atoms with Gasteiger partial charge in [-0.3, -0.25) is 4.79 Å². The molecular weight excluding hydrogens is 304 g/mol. The van der Waals surface area contributed by atoms with Crippen LogP contribution in [-0.2, 0) is 7.05 Å². The molecule has 2 heterocycles. The summed E-state index contributed by atoms with van der Waals surface area (Å²) in [6.07, 6.45) is 0.587. The Bertz CT molecular complexity index is 789. The zero-order valence-electron chi connectivity index (χ0n) is 15.1. The van der Waals surface area contributed by atoms with Crippen LogP contribution in [0, 0.1) is 5.41 Å². The molecule has 1 fully saturated rings. The van der Waals surface area contributed by atoms with Crippen molar-refractivity contribution in [1.29, 1.82) is 0 Å². The van der Waals surface area contributed by atoms with E-state index in [1.165, 1.54) is 0 Å². The molecule has 0 radical (unpaired) electrons. The quantitative estimate of drug-likeness (QED) is 0.921. The van der Waals surface area contributed by atoms with Gasteiger partial charge in [-0.05, 0) is 37.6 Å². The van der Waals surface area contributed by atoms with Gasteiger partial charge >= 0.3 is 0 Å². The molecule has 0 aliphatic carbocycles. The summed E-state index contributed by atoms with van der Waals surface area (Å²) in [6.45, 7) is 7.00. The molecule has 1 aliphatic heterocycles. The summed E-state index contributed by atoms with van der Waals surface area (Å²) in [5, 5.41) is 11.5. The molecule has 3 rings (SSSR count). The van der Waals surface area contributed by atoms with E-state index in [0.717, 1.165) is 16.7 Å². The Morgan fingerprint density at radius 2 is 1.96 bits per heavy atom. The maximum atomic E-state index is 13.0.